The quantitative estimate of drug-likeness (QED) is 0.715. The predicted octanol–water partition coefficient (Wildman–Crippen LogP) is 0.167. The number of nitrogens with one attached hydrogen (secondary N) is 1. The first-order valence-electron chi connectivity index (χ1n) is 5.85. The number of likely N-dealkylation sites (tertiary alicyclic amines) is 1. The highest BCUT2D eigenvalue weighted by atomic mass is 32.2. The maximum absolute atomic E-state index is 11.4. The topological polar surface area (TPSA) is 49.4 Å². The molecule has 2 fully saturated rings. The molecule has 1 saturated carbocycles. The van der Waals surface area contributed by atoms with Gasteiger partial charge in [0.15, 0.2) is 0 Å². The van der Waals surface area contributed by atoms with Crippen molar-refractivity contribution >= 4 is 10.0 Å². The molecular formula is C11H18N2O2S. The average molecular weight is 242 g/mol. The number of nitrogens with zero attached hydrogens (tertiary/aromatic N) is 1. The lowest BCUT2D eigenvalue weighted by molar-refractivity contribution is 0.383. The molecule has 0 aromatic heterocycles. The van der Waals surface area contributed by atoms with Crippen molar-refractivity contribution in [1.82, 2.24) is 9.62 Å². The number of hydrogen-bond acceptors (Lipinski definition) is 3. The molecule has 0 unspecified atom stereocenters. The minimum atomic E-state index is -3.05. The van der Waals surface area contributed by atoms with Crippen molar-refractivity contribution in [2.24, 2.45) is 0 Å². The van der Waals surface area contributed by atoms with Gasteiger partial charge in [-0.2, -0.15) is 0 Å². The third-order valence-corrected chi connectivity index (χ3v) is 4.85. The lowest BCUT2D eigenvalue weighted by Crippen LogP contribution is -2.27. The van der Waals surface area contributed by atoms with Gasteiger partial charge in [-0.3, -0.25) is 4.90 Å². The minimum absolute atomic E-state index is 0.145. The highest BCUT2D eigenvalue weighted by molar-refractivity contribution is 7.90. The highest BCUT2D eigenvalue weighted by Gasteiger charge is 2.34. The van der Waals surface area contributed by atoms with Crippen LogP contribution in [0.25, 0.3) is 0 Å². The molecule has 1 saturated heterocycles. The van der Waals surface area contributed by atoms with Crippen LogP contribution in [0, 0.1) is 11.8 Å². The molecular weight excluding hydrogens is 224 g/mol. The Labute approximate surface area is 97.4 Å². The Morgan fingerprint density at radius 1 is 1.19 bits per heavy atom. The second kappa shape index (κ2) is 5.17. The minimum Gasteiger partial charge on any atom is -0.292 e. The third kappa shape index (κ3) is 3.48. The summed E-state index contributed by atoms with van der Waals surface area (Å²) >= 11 is 0. The molecule has 1 N–H and O–H groups in total. The van der Waals surface area contributed by atoms with E-state index in [4.69, 9.17) is 0 Å². The van der Waals surface area contributed by atoms with Crippen LogP contribution in [0.5, 0.6) is 0 Å². The van der Waals surface area contributed by atoms with Gasteiger partial charge in [-0.1, -0.05) is 11.8 Å². The van der Waals surface area contributed by atoms with E-state index in [0.717, 1.165) is 32.5 Å². The molecule has 0 amide bonds. The van der Waals surface area contributed by atoms with Crippen LogP contribution in [0.15, 0.2) is 0 Å². The summed E-state index contributed by atoms with van der Waals surface area (Å²) in [7, 11) is -3.05. The number of rotatable bonds is 4. The monoisotopic (exact) mass is 242 g/mol. The van der Waals surface area contributed by atoms with E-state index in [2.05, 4.69) is 21.5 Å². The summed E-state index contributed by atoms with van der Waals surface area (Å²) in [5.41, 5.74) is 0. The van der Waals surface area contributed by atoms with Crippen LogP contribution in [0.1, 0.15) is 25.7 Å². The zero-order valence-electron chi connectivity index (χ0n) is 9.41. The summed E-state index contributed by atoms with van der Waals surface area (Å²) < 4.78 is 25.4. The van der Waals surface area contributed by atoms with E-state index in [1.807, 2.05) is 0 Å². The van der Waals surface area contributed by atoms with Crippen LogP contribution in [0.2, 0.25) is 0 Å². The Kier molecular flexibility index (Phi) is 3.85. The van der Waals surface area contributed by atoms with Gasteiger partial charge in [0.05, 0.1) is 18.3 Å². The fourth-order valence-corrected chi connectivity index (χ4v) is 3.07. The molecule has 90 valence electrons. The molecule has 0 spiro atoms. The Balaban J connectivity index is 1.65. The van der Waals surface area contributed by atoms with E-state index in [1.165, 1.54) is 12.8 Å². The van der Waals surface area contributed by atoms with Crippen LogP contribution in [-0.2, 0) is 10.0 Å². The summed E-state index contributed by atoms with van der Waals surface area (Å²) in [6.45, 7) is 3.28. The standard InChI is InChI=1S/C11H18N2O2S/c14-16(15,11-5-6-11)12-7-1-2-8-13-9-3-4-10-13/h11-12H,3-10H2. The third-order valence-electron chi connectivity index (χ3n) is 2.95. The Morgan fingerprint density at radius 2 is 1.88 bits per heavy atom. The zero-order chi connectivity index (χ0) is 11.4. The summed E-state index contributed by atoms with van der Waals surface area (Å²) in [5, 5.41) is -0.145. The van der Waals surface area contributed by atoms with E-state index in [1.54, 1.807) is 0 Å². The molecule has 1 aliphatic heterocycles. The Bertz CT molecular complexity index is 384. The van der Waals surface area contributed by atoms with Gasteiger partial charge in [0.1, 0.15) is 0 Å². The molecule has 2 aliphatic rings. The van der Waals surface area contributed by atoms with Gasteiger partial charge < -0.3 is 0 Å². The van der Waals surface area contributed by atoms with Crippen LogP contribution in [0.4, 0.5) is 0 Å². The molecule has 1 heterocycles. The van der Waals surface area contributed by atoms with Gasteiger partial charge >= 0.3 is 0 Å². The van der Waals surface area contributed by atoms with E-state index in [-0.39, 0.29) is 11.8 Å². The van der Waals surface area contributed by atoms with Crippen LogP contribution in [0.3, 0.4) is 0 Å². The molecule has 16 heavy (non-hydrogen) atoms. The normalized spacial score (nSPS) is 21.8. The average Bonchev–Trinajstić information content (AvgIpc) is 2.98. The van der Waals surface area contributed by atoms with Gasteiger partial charge in [0.25, 0.3) is 0 Å². The zero-order valence-corrected chi connectivity index (χ0v) is 10.2. The maximum atomic E-state index is 11.4. The summed E-state index contributed by atoms with van der Waals surface area (Å²) in [4.78, 5) is 2.29. The SMILES string of the molecule is O=S(=O)(NCC#CCN1CCCC1)C1CC1. The van der Waals surface area contributed by atoms with E-state index in [9.17, 15) is 8.42 Å². The fraction of sp³-hybridized carbons (Fsp3) is 0.818. The van der Waals surface area contributed by atoms with Crippen LogP contribution >= 0.6 is 0 Å². The summed E-state index contributed by atoms with van der Waals surface area (Å²) in [5.74, 6) is 5.88. The predicted molar refractivity (Wildman–Crippen MR) is 63.4 cm³/mol. The van der Waals surface area contributed by atoms with Crippen molar-refractivity contribution in [3.63, 3.8) is 0 Å². The van der Waals surface area contributed by atoms with Crippen molar-refractivity contribution in [3.05, 3.63) is 0 Å². The molecule has 0 radical (unpaired) electrons. The lowest BCUT2D eigenvalue weighted by atomic mass is 10.4. The van der Waals surface area contributed by atoms with Crippen molar-refractivity contribution in [2.75, 3.05) is 26.2 Å². The van der Waals surface area contributed by atoms with E-state index >= 15 is 0 Å². The van der Waals surface area contributed by atoms with Crippen molar-refractivity contribution < 1.29 is 8.42 Å². The van der Waals surface area contributed by atoms with E-state index in [0.29, 0.717) is 0 Å². The molecule has 1 aliphatic carbocycles. The summed E-state index contributed by atoms with van der Waals surface area (Å²) in [6.07, 6.45) is 4.12. The number of sulfonamides is 1. The lowest BCUT2D eigenvalue weighted by Gasteiger charge is -2.08. The van der Waals surface area contributed by atoms with Gasteiger partial charge in [-0.15, -0.1) is 0 Å². The van der Waals surface area contributed by atoms with Crippen molar-refractivity contribution in [2.45, 2.75) is 30.9 Å². The molecule has 5 heteroatoms. The molecule has 0 aromatic carbocycles. The smallest absolute Gasteiger partial charge is 0.215 e. The molecule has 0 aromatic rings. The van der Waals surface area contributed by atoms with Gasteiger partial charge in [0.2, 0.25) is 10.0 Å². The maximum Gasteiger partial charge on any atom is 0.215 e. The first-order valence-corrected chi connectivity index (χ1v) is 7.40. The van der Waals surface area contributed by atoms with Crippen LogP contribution < -0.4 is 4.72 Å². The molecule has 0 atom stereocenters. The fourth-order valence-electron chi connectivity index (χ4n) is 1.80. The van der Waals surface area contributed by atoms with Crippen molar-refractivity contribution in [1.29, 1.82) is 0 Å². The molecule has 0 bridgehead atoms. The summed E-state index contributed by atoms with van der Waals surface area (Å²) in [6, 6.07) is 0. The largest absolute Gasteiger partial charge is 0.292 e. The van der Waals surface area contributed by atoms with Crippen molar-refractivity contribution in [3.8, 4) is 11.8 Å². The van der Waals surface area contributed by atoms with Crippen LogP contribution in [-0.4, -0.2) is 44.7 Å². The first-order chi connectivity index (χ1) is 7.68. The number of hydrogen-bond donors (Lipinski definition) is 1. The second-order valence-electron chi connectivity index (χ2n) is 4.40. The Morgan fingerprint density at radius 3 is 2.50 bits per heavy atom. The molecule has 2 rings (SSSR count). The molecule has 4 nitrogen and oxygen atoms in total. The first kappa shape index (κ1) is 11.9. The van der Waals surface area contributed by atoms with E-state index < -0.39 is 10.0 Å². The highest BCUT2D eigenvalue weighted by Crippen LogP contribution is 2.27. The van der Waals surface area contributed by atoms with Gasteiger partial charge in [-0.25, -0.2) is 13.1 Å². The van der Waals surface area contributed by atoms with Gasteiger partial charge in [-0.05, 0) is 38.8 Å². The second-order valence-corrected chi connectivity index (χ2v) is 6.45. The Hall–Kier alpha value is -0.570. The van der Waals surface area contributed by atoms with Gasteiger partial charge in [0, 0.05) is 0 Å².